The van der Waals surface area contributed by atoms with Gasteiger partial charge in [-0.05, 0) is 38.6 Å². The van der Waals surface area contributed by atoms with E-state index in [0.717, 1.165) is 36.6 Å². The fourth-order valence-electron chi connectivity index (χ4n) is 2.49. The highest BCUT2D eigenvalue weighted by Crippen LogP contribution is 2.31. The molecule has 2 heterocycles. The van der Waals surface area contributed by atoms with Gasteiger partial charge in [0.2, 0.25) is 0 Å². The van der Waals surface area contributed by atoms with Crippen LogP contribution in [0.15, 0.2) is 0 Å². The Bertz CT molecular complexity index is 451. The maximum Gasteiger partial charge on any atom is 0.350 e. The molecule has 1 N–H and O–H groups in total. The minimum atomic E-state index is -0.212. The van der Waals surface area contributed by atoms with Gasteiger partial charge in [0.05, 0.1) is 17.3 Å². The second kappa shape index (κ2) is 7.18. The molecule has 1 aromatic rings. The summed E-state index contributed by atoms with van der Waals surface area (Å²) in [6.45, 7) is 8.61. The monoisotopic (exact) mass is 296 g/mol. The lowest BCUT2D eigenvalue weighted by molar-refractivity contribution is 0.0530. The van der Waals surface area contributed by atoms with E-state index in [1.54, 1.807) is 0 Å². The molecular weight excluding hydrogens is 272 g/mol. The molecule has 0 saturated carbocycles. The van der Waals surface area contributed by atoms with Crippen LogP contribution in [0.1, 0.15) is 59.9 Å². The van der Waals surface area contributed by atoms with Crippen molar-refractivity contribution < 1.29 is 9.53 Å². The van der Waals surface area contributed by atoms with E-state index in [1.807, 2.05) is 6.92 Å². The molecule has 1 aliphatic rings. The molecule has 0 bridgehead atoms. The third-order valence-electron chi connectivity index (χ3n) is 3.42. The molecule has 5 heteroatoms. The maximum absolute atomic E-state index is 12.1. The summed E-state index contributed by atoms with van der Waals surface area (Å²) >= 11 is 1.53. The van der Waals surface area contributed by atoms with E-state index in [0.29, 0.717) is 23.3 Å². The number of thiazole rings is 1. The van der Waals surface area contributed by atoms with E-state index in [1.165, 1.54) is 17.8 Å². The average Bonchev–Trinajstić information content (AvgIpc) is 2.83. The van der Waals surface area contributed by atoms with Gasteiger partial charge in [0.1, 0.15) is 4.88 Å². The Morgan fingerprint density at radius 3 is 2.95 bits per heavy atom. The molecule has 1 aliphatic heterocycles. The number of aromatic nitrogens is 1. The van der Waals surface area contributed by atoms with Crippen LogP contribution in [0.5, 0.6) is 0 Å². The Hall–Kier alpha value is -0.940. The van der Waals surface area contributed by atoms with Crippen LogP contribution < -0.4 is 5.32 Å². The van der Waals surface area contributed by atoms with Crippen LogP contribution in [-0.2, 0) is 11.2 Å². The van der Waals surface area contributed by atoms with Crippen molar-refractivity contribution in [1.29, 1.82) is 0 Å². The molecule has 0 amide bonds. The van der Waals surface area contributed by atoms with Crippen LogP contribution in [0.25, 0.3) is 0 Å². The van der Waals surface area contributed by atoms with Gasteiger partial charge in [0, 0.05) is 12.5 Å². The number of rotatable bonds is 5. The SMILES string of the molecule is CCOC(=O)c1sc(C2CCCNC2)nc1CC(C)C. The summed E-state index contributed by atoms with van der Waals surface area (Å²) in [6.07, 6.45) is 3.17. The molecule has 1 atom stereocenters. The van der Waals surface area contributed by atoms with Crippen molar-refractivity contribution in [3.63, 3.8) is 0 Å². The summed E-state index contributed by atoms with van der Waals surface area (Å²) in [5.74, 6) is 0.723. The fourth-order valence-corrected chi connectivity index (χ4v) is 3.61. The molecule has 0 radical (unpaired) electrons. The van der Waals surface area contributed by atoms with Crippen molar-refractivity contribution >= 4 is 17.3 Å². The molecule has 0 spiro atoms. The zero-order valence-electron chi connectivity index (χ0n) is 12.6. The topological polar surface area (TPSA) is 51.2 Å². The lowest BCUT2D eigenvalue weighted by Gasteiger charge is -2.20. The molecule has 1 unspecified atom stereocenters. The normalized spacial score (nSPS) is 19.3. The standard InChI is InChI=1S/C15H24N2O2S/c1-4-19-15(18)13-12(8-10(2)3)17-14(20-13)11-6-5-7-16-9-11/h10-11,16H,4-9H2,1-3H3. The second-order valence-electron chi connectivity index (χ2n) is 5.69. The van der Waals surface area contributed by atoms with Crippen molar-refractivity contribution in [3.8, 4) is 0 Å². The molecular formula is C15H24N2O2S. The first-order valence-electron chi connectivity index (χ1n) is 7.49. The molecule has 4 nitrogen and oxygen atoms in total. The highest BCUT2D eigenvalue weighted by Gasteiger charge is 2.25. The Morgan fingerprint density at radius 2 is 2.35 bits per heavy atom. The van der Waals surface area contributed by atoms with Crippen molar-refractivity contribution in [2.75, 3.05) is 19.7 Å². The number of esters is 1. The lowest BCUT2D eigenvalue weighted by Crippen LogP contribution is -2.28. The molecule has 0 aromatic carbocycles. The molecule has 1 aromatic heterocycles. The van der Waals surface area contributed by atoms with Gasteiger partial charge in [-0.15, -0.1) is 11.3 Å². The van der Waals surface area contributed by atoms with Gasteiger partial charge < -0.3 is 10.1 Å². The number of carbonyl (C=O) groups is 1. The lowest BCUT2D eigenvalue weighted by atomic mass is 10.0. The minimum Gasteiger partial charge on any atom is -0.462 e. The van der Waals surface area contributed by atoms with Gasteiger partial charge in [0.15, 0.2) is 0 Å². The molecule has 0 aliphatic carbocycles. The number of hydrogen-bond acceptors (Lipinski definition) is 5. The number of ether oxygens (including phenoxy) is 1. The predicted molar refractivity (Wildman–Crippen MR) is 81.5 cm³/mol. The van der Waals surface area contributed by atoms with Crippen molar-refractivity contribution in [2.24, 2.45) is 5.92 Å². The van der Waals surface area contributed by atoms with Crippen molar-refractivity contribution in [2.45, 2.75) is 46.0 Å². The first kappa shape index (κ1) is 15.4. The van der Waals surface area contributed by atoms with E-state index in [4.69, 9.17) is 9.72 Å². The molecule has 2 rings (SSSR count). The van der Waals surface area contributed by atoms with Crippen molar-refractivity contribution in [1.82, 2.24) is 10.3 Å². The Balaban J connectivity index is 2.23. The summed E-state index contributed by atoms with van der Waals surface area (Å²) in [5, 5.41) is 4.50. The van der Waals surface area contributed by atoms with E-state index >= 15 is 0 Å². The summed E-state index contributed by atoms with van der Waals surface area (Å²) in [4.78, 5) is 17.5. The zero-order chi connectivity index (χ0) is 14.5. The number of nitrogens with zero attached hydrogens (tertiary/aromatic N) is 1. The number of carbonyl (C=O) groups excluding carboxylic acids is 1. The summed E-state index contributed by atoms with van der Waals surface area (Å²) in [5.41, 5.74) is 0.920. The highest BCUT2D eigenvalue weighted by atomic mass is 32.1. The second-order valence-corrected chi connectivity index (χ2v) is 6.72. The van der Waals surface area contributed by atoms with Crippen LogP contribution in [0.3, 0.4) is 0 Å². The van der Waals surface area contributed by atoms with Gasteiger partial charge in [-0.2, -0.15) is 0 Å². The quantitative estimate of drug-likeness (QED) is 0.849. The molecule has 1 fully saturated rings. The number of piperidine rings is 1. The summed E-state index contributed by atoms with van der Waals surface area (Å²) in [6, 6.07) is 0. The third-order valence-corrected chi connectivity index (χ3v) is 4.66. The first-order valence-corrected chi connectivity index (χ1v) is 8.30. The van der Waals surface area contributed by atoms with Gasteiger partial charge >= 0.3 is 5.97 Å². The molecule has 1 saturated heterocycles. The Kier molecular flexibility index (Phi) is 5.54. The molecule has 112 valence electrons. The zero-order valence-corrected chi connectivity index (χ0v) is 13.4. The Labute approximate surface area is 124 Å². The third kappa shape index (κ3) is 3.79. The van der Waals surface area contributed by atoms with Crippen LogP contribution in [0, 0.1) is 5.92 Å². The highest BCUT2D eigenvalue weighted by molar-refractivity contribution is 7.13. The Morgan fingerprint density at radius 1 is 1.55 bits per heavy atom. The average molecular weight is 296 g/mol. The number of hydrogen-bond donors (Lipinski definition) is 1. The fraction of sp³-hybridized carbons (Fsp3) is 0.733. The summed E-state index contributed by atoms with van der Waals surface area (Å²) in [7, 11) is 0. The maximum atomic E-state index is 12.1. The molecule has 20 heavy (non-hydrogen) atoms. The van der Waals surface area contributed by atoms with Crippen LogP contribution in [0.2, 0.25) is 0 Å². The van der Waals surface area contributed by atoms with Crippen LogP contribution in [-0.4, -0.2) is 30.6 Å². The summed E-state index contributed by atoms with van der Waals surface area (Å²) < 4.78 is 5.17. The predicted octanol–water partition coefficient (Wildman–Crippen LogP) is 2.99. The van der Waals surface area contributed by atoms with E-state index in [9.17, 15) is 4.79 Å². The van der Waals surface area contributed by atoms with E-state index in [2.05, 4.69) is 19.2 Å². The largest absolute Gasteiger partial charge is 0.462 e. The van der Waals surface area contributed by atoms with Crippen LogP contribution in [0.4, 0.5) is 0 Å². The minimum absolute atomic E-state index is 0.212. The van der Waals surface area contributed by atoms with Crippen molar-refractivity contribution in [3.05, 3.63) is 15.6 Å². The van der Waals surface area contributed by atoms with Crippen LogP contribution >= 0.6 is 11.3 Å². The smallest absolute Gasteiger partial charge is 0.350 e. The number of nitrogens with one attached hydrogen (secondary N) is 1. The van der Waals surface area contributed by atoms with Gasteiger partial charge in [-0.25, -0.2) is 9.78 Å². The van der Waals surface area contributed by atoms with Gasteiger partial charge in [0.25, 0.3) is 0 Å². The van der Waals surface area contributed by atoms with E-state index < -0.39 is 0 Å². The van der Waals surface area contributed by atoms with Gasteiger partial charge in [-0.3, -0.25) is 0 Å². The van der Waals surface area contributed by atoms with Gasteiger partial charge in [-0.1, -0.05) is 13.8 Å². The van der Waals surface area contributed by atoms with E-state index in [-0.39, 0.29) is 5.97 Å². The first-order chi connectivity index (χ1) is 9.61.